The lowest BCUT2D eigenvalue weighted by atomic mass is 10.1. The monoisotopic (exact) mass is 317 g/mol. The van der Waals surface area contributed by atoms with Gasteiger partial charge in [0.05, 0.1) is 11.4 Å². The van der Waals surface area contributed by atoms with Crippen molar-refractivity contribution in [2.45, 2.75) is 26.4 Å². The summed E-state index contributed by atoms with van der Waals surface area (Å²) in [5.74, 6) is 0.748. The fourth-order valence-electron chi connectivity index (χ4n) is 3.02. The molecule has 0 N–H and O–H groups in total. The number of aromatic nitrogens is 4. The van der Waals surface area contributed by atoms with Gasteiger partial charge in [-0.1, -0.05) is 6.07 Å². The minimum atomic E-state index is 0.748. The van der Waals surface area contributed by atoms with Gasteiger partial charge < -0.3 is 0 Å². The average molecular weight is 317 g/mol. The van der Waals surface area contributed by atoms with Crippen molar-refractivity contribution < 1.29 is 0 Å². The average Bonchev–Trinajstić information content (AvgIpc) is 2.64. The SMILES string of the molecule is Cc1cccnc1CN1CCc2cnc(-c3cccnc3)nc2C1. The third kappa shape index (κ3) is 3.03. The minimum absolute atomic E-state index is 0.748. The van der Waals surface area contributed by atoms with Crippen molar-refractivity contribution in [3.63, 3.8) is 0 Å². The second-order valence-corrected chi connectivity index (χ2v) is 6.13. The lowest BCUT2D eigenvalue weighted by Crippen LogP contribution is -2.31. The number of fused-ring (bicyclic) bond motifs is 1. The third-order valence-corrected chi connectivity index (χ3v) is 4.44. The summed E-state index contributed by atoms with van der Waals surface area (Å²) in [5, 5.41) is 0. The summed E-state index contributed by atoms with van der Waals surface area (Å²) in [4.78, 5) is 20.4. The number of hydrogen-bond acceptors (Lipinski definition) is 5. The molecule has 0 saturated carbocycles. The van der Waals surface area contributed by atoms with E-state index in [2.05, 4.69) is 32.8 Å². The van der Waals surface area contributed by atoms with Crippen molar-refractivity contribution in [1.29, 1.82) is 0 Å². The van der Waals surface area contributed by atoms with Crippen LogP contribution in [-0.2, 0) is 19.5 Å². The molecule has 24 heavy (non-hydrogen) atoms. The van der Waals surface area contributed by atoms with Gasteiger partial charge in [0.2, 0.25) is 0 Å². The summed E-state index contributed by atoms with van der Waals surface area (Å²) in [6.45, 7) is 4.82. The second kappa shape index (κ2) is 6.45. The lowest BCUT2D eigenvalue weighted by Gasteiger charge is -2.28. The van der Waals surface area contributed by atoms with E-state index in [1.54, 1.807) is 12.4 Å². The minimum Gasteiger partial charge on any atom is -0.291 e. The standard InChI is InChI=1S/C19H19N5/c1-14-4-2-8-21-17(14)12-24-9-6-15-11-22-19(23-18(15)13-24)16-5-3-7-20-10-16/h2-5,7-8,10-11H,6,9,12-13H2,1H3. The molecule has 1 aliphatic rings. The van der Waals surface area contributed by atoms with Gasteiger partial charge in [0.1, 0.15) is 0 Å². The highest BCUT2D eigenvalue weighted by atomic mass is 15.1. The first-order valence-electron chi connectivity index (χ1n) is 8.17. The predicted octanol–water partition coefficient (Wildman–Crippen LogP) is 2.80. The van der Waals surface area contributed by atoms with Gasteiger partial charge in [0, 0.05) is 50.0 Å². The summed E-state index contributed by atoms with van der Waals surface area (Å²) in [6, 6.07) is 8.00. The molecule has 5 heteroatoms. The predicted molar refractivity (Wildman–Crippen MR) is 92.1 cm³/mol. The Bertz CT molecular complexity index is 847. The maximum Gasteiger partial charge on any atom is 0.160 e. The molecule has 0 atom stereocenters. The highest BCUT2D eigenvalue weighted by Gasteiger charge is 2.19. The van der Waals surface area contributed by atoms with Crippen LogP contribution < -0.4 is 0 Å². The highest BCUT2D eigenvalue weighted by Crippen LogP contribution is 2.21. The number of nitrogens with zero attached hydrogens (tertiary/aromatic N) is 5. The number of rotatable bonds is 3. The van der Waals surface area contributed by atoms with Crippen molar-refractivity contribution >= 4 is 0 Å². The molecule has 4 heterocycles. The van der Waals surface area contributed by atoms with Gasteiger partial charge in [0.15, 0.2) is 5.82 Å². The van der Waals surface area contributed by atoms with E-state index in [0.29, 0.717) is 0 Å². The zero-order valence-electron chi connectivity index (χ0n) is 13.7. The Hall–Kier alpha value is -2.66. The van der Waals surface area contributed by atoms with Crippen LogP contribution in [0.3, 0.4) is 0 Å². The largest absolute Gasteiger partial charge is 0.291 e. The first kappa shape index (κ1) is 14.9. The molecule has 0 fully saturated rings. The van der Waals surface area contributed by atoms with Crippen molar-refractivity contribution in [2.24, 2.45) is 0 Å². The zero-order valence-corrected chi connectivity index (χ0v) is 13.7. The fourth-order valence-corrected chi connectivity index (χ4v) is 3.02. The molecule has 0 radical (unpaired) electrons. The van der Waals surface area contributed by atoms with Gasteiger partial charge in [-0.3, -0.25) is 14.9 Å². The van der Waals surface area contributed by atoms with E-state index in [1.807, 2.05) is 30.6 Å². The van der Waals surface area contributed by atoms with E-state index < -0.39 is 0 Å². The van der Waals surface area contributed by atoms with Crippen LogP contribution in [0.5, 0.6) is 0 Å². The Kier molecular flexibility index (Phi) is 4.01. The first-order valence-corrected chi connectivity index (χ1v) is 8.17. The van der Waals surface area contributed by atoms with Gasteiger partial charge in [-0.05, 0) is 42.7 Å². The van der Waals surface area contributed by atoms with Crippen LogP contribution in [0.15, 0.2) is 49.1 Å². The Labute approximate surface area is 141 Å². The normalized spacial score (nSPS) is 14.4. The van der Waals surface area contributed by atoms with E-state index in [0.717, 1.165) is 48.8 Å². The van der Waals surface area contributed by atoms with Crippen LogP contribution in [0.2, 0.25) is 0 Å². The smallest absolute Gasteiger partial charge is 0.160 e. The zero-order chi connectivity index (χ0) is 16.4. The van der Waals surface area contributed by atoms with Crippen LogP contribution in [0.25, 0.3) is 11.4 Å². The molecule has 5 nitrogen and oxygen atoms in total. The Balaban J connectivity index is 1.57. The van der Waals surface area contributed by atoms with Crippen molar-refractivity contribution in [3.05, 3.63) is 71.6 Å². The van der Waals surface area contributed by atoms with E-state index in [9.17, 15) is 0 Å². The Morgan fingerprint density at radius 3 is 2.83 bits per heavy atom. The molecule has 0 unspecified atom stereocenters. The van der Waals surface area contributed by atoms with Gasteiger partial charge in [-0.15, -0.1) is 0 Å². The summed E-state index contributed by atoms with van der Waals surface area (Å²) in [5.41, 5.74) is 5.70. The van der Waals surface area contributed by atoms with Crippen molar-refractivity contribution in [2.75, 3.05) is 6.54 Å². The van der Waals surface area contributed by atoms with Crippen LogP contribution >= 0.6 is 0 Å². The molecular weight excluding hydrogens is 298 g/mol. The van der Waals surface area contributed by atoms with Gasteiger partial charge in [-0.25, -0.2) is 9.97 Å². The van der Waals surface area contributed by atoms with E-state index >= 15 is 0 Å². The molecule has 0 aromatic carbocycles. The van der Waals surface area contributed by atoms with Crippen molar-refractivity contribution in [3.8, 4) is 11.4 Å². The summed E-state index contributed by atoms with van der Waals surface area (Å²) >= 11 is 0. The van der Waals surface area contributed by atoms with Crippen LogP contribution in [0.4, 0.5) is 0 Å². The first-order chi connectivity index (χ1) is 11.8. The molecule has 0 saturated heterocycles. The fraction of sp³-hybridized carbons (Fsp3) is 0.263. The van der Waals surface area contributed by atoms with Crippen LogP contribution in [-0.4, -0.2) is 31.4 Å². The van der Waals surface area contributed by atoms with Gasteiger partial charge in [-0.2, -0.15) is 0 Å². The number of aryl methyl sites for hydroxylation is 1. The highest BCUT2D eigenvalue weighted by molar-refractivity contribution is 5.53. The Morgan fingerprint density at radius 2 is 2.00 bits per heavy atom. The molecule has 1 aliphatic heterocycles. The molecule has 3 aromatic rings. The van der Waals surface area contributed by atoms with Crippen LogP contribution in [0, 0.1) is 6.92 Å². The third-order valence-electron chi connectivity index (χ3n) is 4.44. The van der Waals surface area contributed by atoms with E-state index in [4.69, 9.17) is 4.98 Å². The van der Waals surface area contributed by atoms with E-state index in [1.165, 1.54) is 11.1 Å². The molecular formula is C19H19N5. The van der Waals surface area contributed by atoms with Gasteiger partial charge in [0.25, 0.3) is 0 Å². The summed E-state index contributed by atoms with van der Waals surface area (Å²) in [6.07, 6.45) is 8.38. The van der Waals surface area contributed by atoms with Crippen LogP contribution in [0.1, 0.15) is 22.5 Å². The van der Waals surface area contributed by atoms with Gasteiger partial charge >= 0.3 is 0 Å². The molecule has 120 valence electrons. The summed E-state index contributed by atoms with van der Waals surface area (Å²) in [7, 11) is 0. The lowest BCUT2D eigenvalue weighted by molar-refractivity contribution is 0.238. The molecule has 0 bridgehead atoms. The topological polar surface area (TPSA) is 54.8 Å². The van der Waals surface area contributed by atoms with E-state index in [-0.39, 0.29) is 0 Å². The second-order valence-electron chi connectivity index (χ2n) is 6.13. The number of hydrogen-bond donors (Lipinski definition) is 0. The summed E-state index contributed by atoms with van der Waals surface area (Å²) < 4.78 is 0. The molecule has 0 amide bonds. The maximum absolute atomic E-state index is 4.78. The Morgan fingerprint density at radius 1 is 1.08 bits per heavy atom. The quantitative estimate of drug-likeness (QED) is 0.743. The molecule has 0 spiro atoms. The maximum atomic E-state index is 4.78. The molecule has 3 aromatic heterocycles. The van der Waals surface area contributed by atoms with Crippen molar-refractivity contribution in [1.82, 2.24) is 24.8 Å². The molecule has 0 aliphatic carbocycles. The molecule has 4 rings (SSSR count). The number of pyridine rings is 2.